The lowest BCUT2D eigenvalue weighted by molar-refractivity contribution is -0.130. The molecule has 5 N–H and O–H groups in total. The Morgan fingerprint density at radius 2 is 1.45 bits per heavy atom. The first-order chi connectivity index (χ1) is 21.2. The van der Waals surface area contributed by atoms with Gasteiger partial charge in [-0.15, -0.1) is 0 Å². The lowest BCUT2D eigenvalue weighted by Gasteiger charge is -2.25. The van der Waals surface area contributed by atoms with Crippen molar-refractivity contribution in [3.8, 4) is 0 Å². The number of amides is 4. The van der Waals surface area contributed by atoms with E-state index in [1.165, 1.54) is 0 Å². The molecule has 1 aromatic heterocycles. The van der Waals surface area contributed by atoms with Crippen molar-refractivity contribution in [2.45, 2.75) is 64.3 Å². The molecule has 10 nitrogen and oxygen atoms in total. The average Bonchev–Trinajstić information content (AvgIpc) is 3.01. The Kier molecular flexibility index (Phi) is 13.6. The van der Waals surface area contributed by atoms with Gasteiger partial charge in [0.1, 0.15) is 18.7 Å². The first-order valence-electron chi connectivity index (χ1n) is 14.7. The van der Waals surface area contributed by atoms with Gasteiger partial charge in [-0.3, -0.25) is 19.4 Å². The minimum atomic E-state index is -0.971. The third-order valence-electron chi connectivity index (χ3n) is 6.66. The van der Waals surface area contributed by atoms with E-state index in [9.17, 15) is 19.2 Å². The van der Waals surface area contributed by atoms with Crippen LogP contribution in [0, 0.1) is 5.92 Å². The number of carbonyl (C=O) groups is 4. The highest BCUT2D eigenvalue weighted by molar-refractivity contribution is 5.91. The van der Waals surface area contributed by atoms with E-state index in [1.54, 1.807) is 24.4 Å². The zero-order chi connectivity index (χ0) is 31.7. The minimum Gasteiger partial charge on any atom is -0.445 e. The number of hydrogen-bond acceptors (Lipinski definition) is 6. The molecule has 4 amide bonds. The number of benzene rings is 2. The summed E-state index contributed by atoms with van der Waals surface area (Å²) in [4.78, 5) is 55.7. The molecule has 0 bridgehead atoms. The van der Waals surface area contributed by atoms with E-state index in [0.29, 0.717) is 12.1 Å². The molecule has 0 spiro atoms. The maximum absolute atomic E-state index is 13.7. The first-order valence-corrected chi connectivity index (χ1v) is 14.7. The van der Waals surface area contributed by atoms with E-state index in [2.05, 4.69) is 20.9 Å². The molecule has 2 aromatic carbocycles. The predicted octanol–water partition coefficient (Wildman–Crippen LogP) is 3.91. The second-order valence-electron chi connectivity index (χ2n) is 10.9. The van der Waals surface area contributed by atoms with Gasteiger partial charge in [0, 0.05) is 25.1 Å². The molecule has 10 heteroatoms. The van der Waals surface area contributed by atoms with Crippen molar-refractivity contribution in [3.05, 3.63) is 108 Å². The van der Waals surface area contributed by atoms with Crippen molar-refractivity contribution in [2.24, 2.45) is 11.7 Å². The number of rotatable bonds is 16. The molecule has 3 atom stereocenters. The Labute approximate surface area is 258 Å². The van der Waals surface area contributed by atoms with Gasteiger partial charge >= 0.3 is 6.09 Å². The summed E-state index contributed by atoms with van der Waals surface area (Å²) in [6.45, 7) is 3.92. The van der Waals surface area contributed by atoms with Crippen LogP contribution in [0.5, 0.6) is 0 Å². The fourth-order valence-electron chi connectivity index (χ4n) is 4.43. The molecule has 0 saturated carbocycles. The van der Waals surface area contributed by atoms with Crippen LogP contribution in [0.25, 0.3) is 6.08 Å². The standard InChI is InChI=1S/C34H41N5O5/c1-24(2)21-29(39-34(43)44-23-26-13-7-4-8-14-26)33(42)38-30(22-25-11-5-3-6-12-25)32(41)37-28(18-19-31(35)40)17-16-27-15-9-10-20-36-27/h3-17,20,24,28-30H,18-19,21-23H2,1-2H3,(H2,35,40)(H,37,41)(H,38,42)(H,39,43)/b17-16+/t28-,29+,30+/m1/s1. The van der Waals surface area contributed by atoms with Crippen LogP contribution in [0.4, 0.5) is 4.79 Å². The largest absolute Gasteiger partial charge is 0.445 e. The molecule has 3 aromatic rings. The lowest BCUT2D eigenvalue weighted by atomic mass is 10.0. The normalized spacial score (nSPS) is 13.1. The summed E-state index contributed by atoms with van der Waals surface area (Å²) < 4.78 is 5.34. The van der Waals surface area contributed by atoms with Gasteiger partial charge in [-0.2, -0.15) is 0 Å². The Hall–Kier alpha value is -4.99. The van der Waals surface area contributed by atoms with Gasteiger partial charge in [0.25, 0.3) is 0 Å². The number of ether oxygens (including phenoxy) is 1. The second kappa shape index (κ2) is 17.8. The summed E-state index contributed by atoms with van der Waals surface area (Å²) in [5, 5.41) is 8.45. The first kappa shape index (κ1) is 33.5. The predicted molar refractivity (Wildman–Crippen MR) is 169 cm³/mol. The Balaban J connectivity index is 1.75. The third kappa shape index (κ3) is 12.5. The van der Waals surface area contributed by atoms with Crippen molar-refractivity contribution in [3.63, 3.8) is 0 Å². The van der Waals surface area contributed by atoms with Crippen LogP contribution in [0.2, 0.25) is 0 Å². The SMILES string of the molecule is CC(C)C[C@H](NC(=O)OCc1ccccc1)C(=O)N[C@@H](Cc1ccccc1)C(=O)N[C@H](/C=C/c1ccccn1)CCC(N)=O. The molecular weight excluding hydrogens is 558 g/mol. The van der Waals surface area contributed by atoms with Gasteiger partial charge in [-0.05, 0) is 48.1 Å². The topological polar surface area (TPSA) is 153 Å². The molecule has 1 heterocycles. The van der Waals surface area contributed by atoms with Crippen molar-refractivity contribution in [2.75, 3.05) is 0 Å². The molecule has 0 aliphatic carbocycles. The molecular formula is C34H41N5O5. The fourth-order valence-corrected chi connectivity index (χ4v) is 4.43. The van der Waals surface area contributed by atoms with Crippen molar-refractivity contribution >= 4 is 29.9 Å². The number of hydrogen-bond donors (Lipinski definition) is 4. The summed E-state index contributed by atoms with van der Waals surface area (Å²) in [7, 11) is 0. The van der Waals surface area contributed by atoms with E-state index >= 15 is 0 Å². The molecule has 44 heavy (non-hydrogen) atoms. The van der Waals surface area contributed by atoms with Gasteiger partial charge < -0.3 is 26.4 Å². The van der Waals surface area contributed by atoms with E-state index in [-0.39, 0.29) is 31.8 Å². The van der Waals surface area contributed by atoms with Crippen molar-refractivity contribution < 1.29 is 23.9 Å². The molecule has 0 aliphatic rings. The van der Waals surface area contributed by atoms with Crippen LogP contribution < -0.4 is 21.7 Å². The summed E-state index contributed by atoms with van der Waals surface area (Å²) in [5.74, 6) is -1.38. The van der Waals surface area contributed by atoms with E-state index in [4.69, 9.17) is 10.5 Å². The van der Waals surface area contributed by atoms with Gasteiger partial charge in [0.15, 0.2) is 0 Å². The minimum absolute atomic E-state index is 0.0543. The zero-order valence-corrected chi connectivity index (χ0v) is 25.1. The van der Waals surface area contributed by atoms with Crippen LogP contribution in [0.15, 0.2) is 91.1 Å². The fraction of sp³-hybridized carbons (Fsp3) is 0.324. The van der Waals surface area contributed by atoms with Crippen LogP contribution in [0.1, 0.15) is 49.9 Å². The summed E-state index contributed by atoms with van der Waals surface area (Å²) >= 11 is 0. The number of pyridine rings is 1. The summed E-state index contributed by atoms with van der Waals surface area (Å²) in [6, 6.07) is 21.5. The molecule has 0 fully saturated rings. The van der Waals surface area contributed by atoms with Crippen LogP contribution in [0.3, 0.4) is 0 Å². The third-order valence-corrected chi connectivity index (χ3v) is 6.66. The lowest BCUT2D eigenvalue weighted by Crippen LogP contribution is -2.55. The quantitative estimate of drug-likeness (QED) is 0.196. The highest BCUT2D eigenvalue weighted by atomic mass is 16.5. The number of carbonyl (C=O) groups excluding carboxylic acids is 4. The van der Waals surface area contributed by atoms with E-state index in [0.717, 1.165) is 11.1 Å². The summed E-state index contributed by atoms with van der Waals surface area (Å²) in [5.41, 5.74) is 7.72. The van der Waals surface area contributed by atoms with Gasteiger partial charge in [-0.1, -0.05) is 86.7 Å². The number of alkyl carbamates (subject to hydrolysis) is 1. The number of nitrogens with zero attached hydrogens (tertiary/aromatic N) is 1. The highest BCUT2D eigenvalue weighted by Crippen LogP contribution is 2.11. The molecule has 0 unspecified atom stereocenters. The van der Waals surface area contributed by atoms with Crippen LogP contribution >= 0.6 is 0 Å². The maximum atomic E-state index is 13.7. The number of nitrogens with two attached hydrogens (primary N) is 1. The number of primary amides is 1. The molecule has 232 valence electrons. The van der Waals surface area contributed by atoms with Crippen LogP contribution in [-0.2, 0) is 32.1 Å². The van der Waals surface area contributed by atoms with Crippen LogP contribution in [-0.4, -0.2) is 46.9 Å². The average molecular weight is 600 g/mol. The highest BCUT2D eigenvalue weighted by Gasteiger charge is 2.29. The molecule has 0 radical (unpaired) electrons. The monoisotopic (exact) mass is 599 g/mol. The number of nitrogens with one attached hydrogen (secondary N) is 3. The number of aromatic nitrogens is 1. The second-order valence-corrected chi connectivity index (χ2v) is 10.9. The van der Waals surface area contributed by atoms with Crippen molar-refractivity contribution in [1.29, 1.82) is 0 Å². The Morgan fingerprint density at radius 1 is 0.818 bits per heavy atom. The zero-order valence-electron chi connectivity index (χ0n) is 25.1. The van der Waals surface area contributed by atoms with E-state index in [1.807, 2.05) is 86.6 Å². The summed E-state index contributed by atoms with van der Waals surface area (Å²) in [6.07, 6.45) is 5.28. The Morgan fingerprint density at radius 3 is 2.07 bits per heavy atom. The maximum Gasteiger partial charge on any atom is 0.408 e. The van der Waals surface area contributed by atoms with Gasteiger partial charge in [0.05, 0.1) is 5.69 Å². The molecule has 0 saturated heterocycles. The molecule has 3 rings (SSSR count). The van der Waals surface area contributed by atoms with Gasteiger partial charge in [-0.25, -0.2) is 4.79 Å². The smallest absolute Gasteiger partial charge is 0.408 e. The van der Waals surface area contributed by atoms with Gasteiger partial charge in [0.2, 0.25) is 17.7 Å². The Bertz CT molecular complexity index is 1370. The van der Waals surface area contributed by atoms with Crippen molar-refractivity contribution in [1.82, 2.24) is 20.9 Å². The van der Waals surface area contributed by atoms with E-state index < -0.39 is 41.9 Å². The molecule has 0 aliphatic heterocycles.